The van der Waals surface area contributed by atoms with Crippen molar-refractivity contribution < 1.29 is 9.21 Å². The predicted molar refractivity (Wildman–Crippen MR) is 96.0 cm³/mol. The number of amides is 1. The summed E-state index contributed by atoms with van der Waals surface area (Å²) in [7, 11) is 0. The first-order chi connectivity index (χ1) is 12.3. The van der Waals surface area contributed by atoms with Crippen molar-refractivity contribution in [3.05, 3.63) is 58.9 Å². The van der Waals surface area contributed by atoms with E-state index < -0.39 is 0 Å². The first-order valence-corrected chi connectivity index (χ1v) is 9.34. The zero-order chi connectivity index (χ0) is 17.1. The van der Waals surface area contributed by atoms with E-state index in [9.17, 15) is 4.79 Å². The van der Waals surface area contributed by atoms with Crippen molar-refractivity contribution >= 4 is 17.2 Å². The number of nitrogens with one attached hydrogen (secondary N) is 1. The van der Waals surface area contributed by atoms with Gasteiger partial charge >= 0.3 is 0 Å². The average molecular weight is 353 g/mol. The molecule has 3 aromatic heterocycles. The van der Waals surface area contributed by atoms with E-state index in [-0.39, 0.29) is 11.3 Å². The molecule has 1 amide bonds. The Morgan fingerprint density at radius 2 is 2.04 bits per heavy atom. The molecule has 0 saturated heterocycles. The minimum absolute atomic E-state index is 0.0866. The molecule has 3 heterocycles. The van der Waals surface area contributed by atoms with Crippen LogP contribution in [0.2, 0.25) is 0 Å². The zero-order valence-electron chi connectivity index (χ0n) is 13.8. The largest absolute Gasteiger partial charge is 0.463 e. The fourth-order valence-electron chi connectivity index (χ4n) is 3.56. The molecule has 0 atom stereocenters. The van der Waals surface area contributed by atoms with Crippen molar-refractivity contribution in [2.45, 2.75) is 37.6 Å². The average Bonchev–Trinajstić information content (AvgIpc) is 3.42. The molecule has 0 aliphatic heterocycles. The van der Waals surface area contributed by atoms with Gasteiger partial charge in [0.1, 0.15) is 5.69 Å². The topological polar surface area (TPSA) is 68.0 Å². The van der Waals surface area contributed by atoms with Crippen LogP contribution in [0.1, 0.15) is 36.3 Å². The fraction of sp³-hybridized carbons (Fsp3) is 0.316. The summed E-state index contributed by atoms with van der Waals surface area (Å²) in [6.45, 7) is 0.343. The molecule has 1 aliphatic carbocycles. The van der Waals surface area contributed by atoms with Gasteiger partial charge in [0.25, 0.3) is 0 Å². The molecule has 25 heavy (non-hydrogen) atoms. The van der Waals surface area contributed by atoms with Gasteiger partial charge in [-0.1, -0.05) is 18.9 Å². The fourth-order valence-corrected chi connectivity index (χ4v) is 4.55. The first kappa shape index (κ1) is 16.0. The maximum Gasteiger partial charge on any atom is 0.231 e. The van der Waals surface area contributed by atoms with Gasteiger partial charge in [-0.25, -0.2) is 4.98 Å². The van der Waals surface area contributed by atoms with E-state index in [4.69, 9.17) is 4.42 Å². The number of carbonyl (C=O) groups excluding carboxylic acids is 1. The number of thiophene rings is 1. The Morgan fingerprint density at radius 3 is 2.76 bits per heavy atom. The van der Waals surface area contributed by atoms with Crippen LogP contribution < -0.4 is 5.32 Å². The van der Waals surface area contributed by atoms with Crippen LogP contribution in [0.5, 0.6) is 0 Å². The molecule has 4 rings (SSSR count). The molecule has 0 radical (unpaired) electrons. The second-order valence-corrected chi connectivity index (χ2v) is 7.23. The maximum absolute atomic E-state index is 13.1. The summed E-state index contributed by atoms with van der Waals surface area (Å²) in [5.74, 6) is 0.745. The van der Waals surface area contributed by atoms with E-state index in [2.05, 4.69) is 21.4 Å². The Hall–Kier alpha value is -2.47. The molecule has 6 heteroatoms. The molecule has 5 nitrogen and oxygen atoms in total. The van der Waals surface area contributed by atoms with Crippen molar-refractivity contribution in [2.75, 3.05) is 0 Å². The van der Waals surface area contributed by atoms with Gasteiger partial charge in [-0.3, -0.25) is 9.78 Å². The second-order valence-electron chi connectivity index (χ2n) is 6.28. The third-order valence-corrected chi connectivity index (χ3v) is 5.90. The molecule has 1 N–H and O–H groups in total. The Morgan fingerprint density at radius 1 is 1.20 bits per heavy atom. The molecule has 1 fully saturated rings. The van der Waals surface area contributed by atoms with E-state index >= 15 is 0 Å². The van der Waals surface area contributed by atoms with Crippen molar-refractivity contribution in [2.24, 2.45) is 0 Å². The minimum atomic E-state index is -0.388. The number of hydrogen-bond acceptors (Lipinski definition) is 5. The summed E-state index contributed by atoms with van der Waals surface area (Å²) < 4.78 is 5.43. The third-order valence-electron chi connectivity index (χ3n) is 4.83. The highest BCUT2D eigenvalue weighted by Crippen LogP contribution is 2.43. The molecule has 0 spiro atoms. The van der Waals surface area contributed by atoms with E-state index in [0.29, 0.717) is 23.7 Å². The molecular formula is C19H19N3O2S. The third kappa shape index (κ3) is 2.98. The van der Waals surface area contributed by atoms with Crippen LogP contribution in [0, 0.1) is 0 Å². The SMILES string of the molecule is O=C(NCc1nccnc1-c1ccco1)C1(c2cccs2)CCCC1. The predicted octanol–water partition coefficient (Wildman–Crippen LogP) is 3.93. The van der Waals surface area contributed by atoms with E-state index in [1.54, 1.807) is 30.0 Å². The van der Waals surface area contributed by atoms with Gasteiger partial charge in [-0.05, 0) is 36.4 Å². The number of carbonyl (C=O) groups is 1. The second kappa shape index (κ2) is 6.80. The summed E-state index contributed by atoms with van der Waals surface area (Å²) in [6, 6.07) is 7.76. The smallest absolute Gasteiger partial charge is 0.231 e. The summed E-state index contributed by atoms with van der Waals surface area (Å²) in [4.78, 5) is 23.0. The molecule has 128 valence electrons. The quantitative estimate of drug-likeness (QED) is 0.755. The van der Waals surface area contributed by atoms with Crippen LogP contribution in [0.25, 0.3) is 11.5 Å². The highest BCUT2D eigenvalue weighted by Gasteiger charge is 2.43. The molecule has 0 bridgehead atoms. The number of aromatic nitrogens is 2. The van der Waals surface area contributed by atoms with Crippen molar-refractivity contribution in [1.82, 2.24) is 15.3 Å². The van der Waals surface area contributed by atoms with Crippen LogP contribution in [0.15, 0.2) is 52.7 Å². The van der Waals surface area contributed by atoms with Crippen molar-refractivity contribution in [3.8, 4) is 11.5 Å². The molecular weight excluding hydrogens is 334 g/mol. The van der Waals surface area contributed by atoms with Gasteiger partial charge in [0, 0.05) is 17.3 Å². The molecule has 0 aromatic carbocycles. The number of hydrogen-bond donors (Lipinski definition) is 1. The Balaban J connectivity index is 1.55. The zero-order valence-corrected chi connectivity index (χ0v) is 14.6. The van der Waals surface area contributed by atoms with E-state index in [1.165, 1.54) is 0 Å². The Kier molecular flexibility index (Phi) is 4.36. The molecule has 0 unspecified atom stereocenters. The highest BCUT2D eigenvalue weighted by atomic mass is 32.1. The molecule has 1 aliphatic rings. The lowest BCUT2D eigenvalue weighted by atomic mass is 9.83. The lowest BCUT2D eigenvalue weighted by Gasteiger charge is -2.26. The van der Waals surface area contributed by atoms with E-state index in [0.717, 1.165) is 30.6 Å². The summed E-state index contributed by atoms with van der Waals surface area (Å²) >= 11 is 1.67. The lowest BCUT2D eigenvalue weighted by molar-refractivity contribution is -0.126. The first-order valence-electron chi connectivity index (χ1n) is 8.46. The summed E-state index contributed by atoms with van der Waals surface area (Å²) in [6.07, 6.45) is 8.88. The van der Waals surface area contributed by atoms with Gasteiger partial charge < -0.3 is 9.73 Å². The normalized spacial score (nSPS) is 16.0. The number of nitrogens with zero attached hydrogens (tertiary/aromatic N) is 2. The van der Waals surface area contributed by atoms with Crippen LogP contribution in [0.4, 0.5) is 0 Å². The maximum atomic E-state index is 13.1. The van der Waals surface area contributed by atoms with E-state index in [1.807, 2.05) is 23.6 Å². The van der Waals surface area contributed by atoms with Gasteiger partial charge in [0.05, 0.1) is 23.9 Å². The lowest BCUT2D eigenvalue weighted by Crippen LogP contribution is -2.42. The summed E-state index contributed by atoms with van der Waals surface area (Å²) in [5, 5.41) is 5.14. The van der Waals surface area contributed by atoms with Gasteiger partial charge in [0.15, 0.2) is 5.76 Å². The Bertz CT molecular complexity index is 837. The van der Waals surface area contributed by atoms with Crippen LogP contribution >= 0.6 is 11.3 Å². The Labute approximate surface area is 150 Å². The van der Waals surface area contributed by atoms with Gasteiger partial charge in [-0.15, -0.1) is 11.3 Å². The van der Waals surface area contributed by atoms with Crippen LogP contribution in [0.3, 0.4) is 0 Å². The molecule has 1 saturated carbocycles. The highest BCUT2D eigenvalue weighted by molar-refractivity contribution is 7.10. The molecule has 3 aromatic rings. The summed E-state index contributed by atoms with van der Waals surface area (Å²) in [5.41, 5.74) is 0.996. The van der Waals surface area contributed by atoms with Crippen molar-refractivity contribution in [3.63, 3.8) is 0 Å². The van der Waals surface area contributed by atoms with Gasteiger partial charge in [0.2, 0.25) is 5.91 Å². The number of rotatable bonds is 5. The number of furan rings is 1. The standard InChI is InChI=1S/C19H19N3O2S/c23-18(19(7-1-2-8-19)16-6-4-12-25-16)22-13-14-17(21-10-9-20-14)15-5-3-11-24-15/h3-6,9-12H,1-2,7-8,13H2,(H,22,23). The van der Waals surface area contributed by atoms with Crippen molar-refractivity contribution in [1.29, 1.82) is 0 Å². The van der Waals surface area contributed by atoms with Crippen LogP contribution in [-0.2, 0) is 16.8 Å². The van der Waals surface area contributed by atoms with Gasteiger partial charge in [-0.2, -0.15) is 0 Å². The minimum Gasteiger partial charge on any atom is -0.463 e. The monoisotopic (exact) mass is 353 g/mol. The van der Waals surface area contributed by atoms with Crippen LogP contribution in [-0.4, -0.2) is 15.9 Å².